The Hall–Kier alpha value is -1.10. The fourth-order valence-electron chi connectivity index (χ4n) is 3.56. The summed E-state index contributed by atoms with van der Waals surface area (Å²) in [6, 6.07) is -0.819. The fraction of sp³-hybridized carbons (Fsp3) is 0.875. The highest BCUT2D eigenvalue weighted by Gasteiger charge is 2.35. The van der Waals surface area contributed by atoms with Gasteiger partial charge in [-0.1, -0.05) is 25.7 Å². The summed E-state index contributed by atoms with van der Waals surface area (Å²) in [4.78, 5) is 28.1. The number of carboxylic acids is 1. The Morgan fingerprint density at radius 2 is 1.52 bits per heavy atom. The number of likely N-dealkylation sites (tertiary alicyclic amines) is 2. The summed E-state index contributed by atoms with van der Waals surface area (Å²) in [7, 11) is 0. The van der Waals surface area contributed by atoms with Crippen LogP contribution in [0.15, 0.2) is 0 Å². The van der Waals surface area contributed by atoms with E-state index in [2.05, 4.69) is 0 Å². The average Bonchev–Trinajstić information content (AvgIpc) is 2.88. The SMILES string of the molecule is CC(C(=O)N1CCCCCC1)N1CCCCCC1C(=O)O. The van der Waals surface area contributed by atoms with Crippen molar-refractivity contribution < 1.29 is 14.7 Å². The quantitative estimate of drug-likeness (QED) is 0.866. The third-order valence-electron chi connectivity index (χ3n) is 4.85. The van der Waals surface area contributed by atoms with Crippen molar-refractivity contribution >= 4 is 11.9 Å². The summed E-state index contributed by atoms with van der Waals surface area (Å²) in [6.07, 6.45) is 8.18. The van der Waals surface area contributed by atoms with E-state index in [0.717, 1.165) is 51.7 Å². The topological polar surface area (TPSA) is 60.9 Å². The maximum atomic E-state index is 12.7. The second-order valence-corrected chi connectivity index (χ2v) is 6.36. The maximum absolute atomic E-state index is 12.7. The highest BCUT2D eigenvalue weighted by Crippen LogP contribution is 2.21. The molecule has 0 aromatic rings. The van der Waals surface area contributed by atoms with Crippen LogP contribution in [0.25, 0.3) is 0 Å². The molecule has 0 bridgehead atoms. The van der Waals surface area contributed by atoms with Crippen LogP contribution in [0.3, 0.4) is 0 Å². The number of aliphatic carboxylic acids is 1. The first kappa shape index (κ1) is 16.3. The molecule has 0 aromatic carbocycles. The predicted molar refractivity (Wildman–Crippen MR) is 81.1 cm³/mol. The molecule has 5 nitrogen and oxygen atoms in total. The van der Waals surface area contributed by atoms with E-state index in [4.69, 9.17) is 0 Å². The lowest BCUT2D eigenvalue weighted by atomic mass is 10.1. The van der Waals surface area contributed by atoms with Crippen molar-refractivity contribution in [2.75, 3.05) is 19.6 Å². The zero-order valence-corrected chi connectivity index (χ0v) is 13.1. The molecule has 0 aliphatic carbocycles. The first-order valence-electron chi connectivity index (χ1n) is 8.38. The largest absolute Gasteiger partial charge is 0.480 e. The van der Waals surface area contributed by atoms with E-state index in [1.165, 1.54) is 12.8 Å². The van der Waals surface area contributed by atoms with Gasteiger partial charge in [-0.25, -0.2) is 0 Å². The molecular formula is C16H28N2O3. The number of hydrogen-bond acceptors (Lipinski definition) is 3. The molecule has 1 amide bonds. The molecule has 2 aliphatic rings. The summed E-state index contributed by atoms with van der Waals surface area (Å²) in [5.41, 5.74) is 0. The van der Waals surface area contributed by atoms with Crippen molar-refractivity contribution in [3.05, 3.63) is 0 Å². The van der Waals surface area contributed by atoms with Crippen molar-refractivity contribution in [2.24, 2.45) is 0 Å². The van der Waals surface area contributed by atoms with E-state index in [1.54, 1.807) is 0 Å². The molecule has 5 heteroatoms. The van der Waals surface area contributed by atoms with Crippen LogP contribution in [0, 0.1) is 0 Å². The van der Waals surface area contributed by atoms with Crippen LogP contribution in [0.5, 0.6) is 0 Å². The minimum Gasteiger partial charge on any atom is -0.480 e. The molecule has 1 N–H and O–H groups in total. The van der Waals surface area contributed by atoms with Crippen LogP contribution in [-0.4, -0.2) is 58.5 Å². The average molecular weight is 296 g/mol. The Bertz CT molecular complexity index is 365. The van der Waals surface area contributed by atoms with Gasteiger partial charge in [0, 0.05) is 13.1 Å². The van der Waals surface area contributed by atoms with Gasteiger partial charge in [-0.2, -0.15) is 0 Å². The van der Waals surface area contributed by atoms with Gasteiger partial charge in [0.2, 0.25) is 5.91 Å². The molecular weight excluding hydrogens is 268 g/mol. The monoisotopic (exact) mass is 296 g/mol. The molecule has 2 heterocycles. The number of amides is 1. The van der Waals surface area contributed by atoms with Crippen LogP contribution >= 0.6 is 0 Å². The zero-order valence-electron chi connectivity index (χ0n) is 13.1. The second-order valence-electron chi connectivity index (χ2n) is 6.36. The molecule has 0 radical (unpaired) electrons. The molecule has 2 atom stereocenters. The minimum absolute atomic E-state index is 0.116. The van der Waals surface area contributed by atoms with Crippen molar-refractivity contribution in [1.82, 2.24) is 9.80 Å². The molecule has 0 spiro atoms. The normalized spacial score (nSPS) is 26.7. The lowest BCUT2D eigenvalue weighted by Gasteiger charge is -2.34. The lowest BCUT2D eigenvalue weighted by Crippen LogP contribution is -2.53. The lowest BCUT2D eigenvalue weighted by molar-refractivity contribution is -0.147. The summed E-state index contributed by atoms with van der Waals surface area (Å²) in [5.74, 6) is -0.669. The third kappa shape index (κ3) is 4.19. The van der Waals surface area contributed by atoms with Crippen LogP contribution in [0.2, 0.25) is 0 Å². The van der Waals surface area contributed by atoms with Crippen molar-refractivity contribution in [1.29, 1.82) is 0 Å². The smallest absolute Gasteiger partial charge is 0.320 e. The van der Waals surface area contributed by atoms with E-state index in [0.29, 0.717) is 6.42 Å². The number of carbonyl (C=O) groups is 2. The van der Waals surface area contributed by atoms with Crippen molar-refractivity contribution in [3.63, 3.8) is 0 Å². The van der Waals surface area contributed by atoms with Gasteiger partial charge in [-0.3, -0.25) is 14.5 Å². The van der Waals surface area contributed by atoms with Gasteiger partial charge < -0.3 is 10.0 Å². The standard InChI is InChI=1S/C16H28N2O3/c1-13(15(19)17-10-6-2-3-7-11-17)18-12-8-4-5-9-14(18)16(20)21/h13-14H,2-12H2,1H3,(H,20,21). The molecule has 0 saturated carbocycles. The Morgan fingerprint density at radius 3 is 2.14 bits per heavy atom. The fourth-order valence-corrected chi connectivity index (χ4v) is 3.56. The first-order valence-corrected chi connectivity index (χ1v) is 8.38. The van der Waals surface area contributed by atoms with Gasteiger partial charge in [0.1, 0.15) is 6.04 Å². The maximum Gasteiger partial charge on any atom is 0.320 e. The van der Waals surface area contributed by atoms with Gasteiger partial charge in [-0.15, -0.1) is 0 Å². The molecule has 2 rings (SSSR count). The molecule has 2 unspecified atom stereocenters. The molecule has 2 aliphatic heterocycles. The van der Waals surface area contributed by atoms with Gasteiger partial charge >= 0.3 is 5.97 Å². The van der Waals surface area contributed by atoms with Crippen molar-refractivity contribution in [2.45, 2.75) is 70.4 Å². The number of carbonyl (C=O) groups excluding carboxylic acids is 1. The van der Waals surface area contributed by atoms with Gasteiger partial charge in [0.05, 0.1) is 6.04 Å². The second kappa shape index (κ2) is 7.78. The molecule has 2 saturated heterocycles. The predicted octanol–water partition coefficient (Wildman–Crippen LogP) is 2.11. The third-order valence-corrected chi connectivity index (χ3v) is 4.85. The van der Waals surface area contributed by atoms with Gasteiger partial charge in [0.25, 0.3) is 0 Å². The number of nitrogens with zero attached hydrogens (tertiary/aromatic N) is 2. The van der Waals surface area contributed by atoms with E-state index < -0.39 is 12.0 Å². The molecule has 0 aromatic heterocycles. The van der Waals surface area contributed by atoms with E-state index in [-0.39, 0.29) is 11.9 Å². The molecule has 21 heavy (non-hydrogen) atoms. The Balaban J connectivity index is 2.05. The number of carboxylic acid groups (broad SMARTS) is 1. The Morgan fingerprint density at radius 1 is 0.952 bits per heavy atom. The highest BCUT2D eigenvalue weighted by atomic mass is 16.4. The highest BCUT2D eigenvalue weighted by molar-refractivity contribution is 5.83. The van der Waals surface area contributed by atoms with Crippen LogP contribution in [-0.2, 0) is 9.59 Å². The van der Waals surface area contributed by atoms with E-state index in [1.807, 2.05) is 16.7 Å². The van der Waals surface area contributed by atoms with Crippen LogP contribution in [0.1, 0.15) is 58.3 Å². The number of hydrogen-bond donors (Lipinski definition) is 1. The minimum atomic E-state index is -0.785. The summed E-state index contributed by atoms with van der Waals surface area (Å²) in [5, 5.41) is 9.45. The van der Waals surface area contributed by atoms with Crippen molar-refractivity contribution in [3.8, 4) is 0 Å². The molecule has 120 valence electrons. The van der Waals surface area contributed by atoms with Crippen LogP contribution < -0.4 is 0 Å². The van der Waals surface area contributed by atoms with Crippen LogP contribution in [0.4, 0.5) is 0 Å². The molecule has 2 fully saturated rings. The van der Waals surface area contributed by atoms with E-state index >= 15 is 0 Å². The van der Waals surface area contributed by atoms with Gasteiger partial charge in [-0.05, 0) is 39.2 Å². The summed E-state index contributed by atoms with van der Waals surface area (Å²) < 4.78 is 0. The summed E-state index contributed by atoms with van der Waals surface area (Å²) in [6.45, 7) is 4.26. The number of rotatable bonds is 3. The Kier molecular flexibility index (Phi) is 6.03. The van der Waals surface area contributed by atoms with E-state index in [9.17, 15) is 14.7 Å². The zero-order chi connectivity index (χ0) is 15.2. The summed E-state index contributed by atoms with van der Waals surface area (Å²) >= 11 is 0. The first-order chi connectivity index (χ1) is 10.1. The Labute approximate surface area is 127 Å². The van der Waals surface area contributed by atoms with Gasteiger partial charge in [0.15, 0.2) is 0 Å².